The zero-order chi connectivity index (χ0) is 15.6. The predicted molar refractivity (Wildman–Crippen MR) is 84.1 cm³/mol. The van der Waals surface area contributed by atoms with Crippen LogP contribution in [0, 0.1) is 5.82 Å². The fourth-order valence-electron chi connectivity index (χ4n) is 1.87. The fourth-order valence-corrected chi connectivity index (χ4v) is 2.80. The summed E-state index contributed by atoms with van der Waals surface area (Å²) in [5.74, 6) is 0.154. The number of rotatable bonds is 4. The Morgan fingerprint density at radius 2 is 2.10 bits per heavy atom. The van der Waals surface area contributed by atoms with Gasteiger partial charge in [0.05, 0.1) is 5.69 Å². The zero-order valence-corrected chi connectivity index (χ0v) is 13.6. The lowest BCUT2D eigenvalue weighted by molar-refractivity contribution is 0.298. The Balaban J connectivity index is 2.13. The molecule has 2 N–H and O–H groups in total. The highest BCUT2D eigenvalue weighted by Gasteiger charge is 2.18. The second kappa shape index (κ2) is 6.12. The number of nitrogens with two attached hydrogens (primary N) is 1. The molecule has 21 heavy (non-hydrogen) atoms. The van der Waals surface area contributed by atoms with Crippen molar-refractivity contribution in [3.63, 3.8) is 0 Å². The smallest absolute Gasteiger partial charge is 0.140 e. The van der Waals surface area contributed by atoms with Gasteiger partial charge in [0.25, 0.3) is 0 Å². The Morgan fingerprint density at radius 1 is 1.38 bits per heavy atom. The van der Waals surface area contributed by atoms with Crippen molar-refractivity contribution in [1.82, 2.24) is 4.98 Å². The van der Waals surface area contributed by atoms with Crippen molar-refractivity contribution in [2.24, 2.45) is 5.73 Å². The van der Waals surface area contributed by atoms with Crippen LogP contribution >= 0.6 is 11.3 Å². The van der Waals surface area contributed by atoms with Crippen LogP contribution in [0.25, 0.3) is 0 Å². The molecule has 0 bridgehead atoms. The van der Waals surface area contributed by atoms with E-state index in [2.05, 4.69) is 25.8 Å². The number of benzene rings is 1. The largest absolute Gasteiger partial charge is 0.486 e. The molecule has 1 atom stereocenters. The third-order valence-electron chi connectivity index (χ3n) is 3.14. The maximum Gasteiger partial charge on any atom is 0.140 e. The summed E-state index contributed by atoms with van der Waals surface area (Å²) in [6, 6.07) is 4.23. The second-order valence-electron chi connectivity index (χ2n) is 6.14. The van der Waals surface area contributed by atoms with Gasteiger partial charge in [-0.25, -0.2) is 9.37 Å². The molecule has 0 aliphatic heterocycles. The molecule has 5 heteroatoms. The molecule has 2 aromatic rings. The van der Waals surface area contributed by atoms with Crippen LogP contribution in [0.15, 0.2) is 23.6 Å². The Hall–Kier alpha value is -1.46. The van der Waals surface area contributed by atoms with Crippen LogP contribution in [-0.2, 0) is 12.0 Å². The summed E-state index contributed by atoms with van der Waals surface area (Å²) in [6.07, 6.45) is 0. The zero-order valence-electron chi connectivity index (χ0n) is 12.8. The van der Waals surface area contributed by atoms with E-state index in [0.29, 0.717) is 12.4 Å². The summed E-state index contributed by atoms with van der Waals surface area (Å²) in [5.41, 5.74) is 7.73. The number of thiazole rings is 1. The molecule has 0 amide bonds. The molecule has 0 unspecified atom stereocenters. The van der Waals surface area contributed by atoms with Gasteiger partial charge in [-0.15, -0.1) is 11.3 Å². The lowest BCUT2D eigenvalue weighted by Crippen LogP contribution is -2.12. The lowest BCUT2D eigenvalue weighted by Gasteiger charge is -2.15. The molecule has 114 valence electrons. The Morgan fingerprint density at radius 3 is 2.67 bits per heavy atom. The van der Waals surface area contributed by atoms with E-state index in [4.69, 9.17) is 10.5 Å². The van der Waals surface area contributed by atoms with Gasteiger partial charge in [0.1, 0.15) is 23.2 Å². The van der Waals surface area contributed by atoms with Crippen molar-refractivity contribution in [3.05, 3.63) is 45.7 Å². The van der Waals surface area contributed by atoms with Crippen molar-refractivity contribution in [3.8, 4) is 5.75 Å². The number of halogens is 1. The van der Waals surface area contributed by atoms with E-state index in [1.54, 1.807) is 17.4 Å². The standard InChI is InChI=1S/C16H21FN2OS/c1-10(18)12-6-5-11(17)7-13(12)20-8-15-19-14(9-21-15)16(2,3)4/h5-7,9-10H,8,18H2,1-4H3/t10-/m0/s1. The molecule has 0 radical (unpaired) electrons. The van der Waals surface area contributed by atoms with E-state index in [-0.39, 0.29) is 17.3 Å². The summed E-state index contributed by atoms with van der Waals surface area (Å²) in [6.45, 7) is 8.53. The van der Waals surface area contributed by atoms with Crippen molar-refractivity contribution in [1.29, 1.82) is 0 Å². The quantitative estimate of drug-likeness (QED) is 0.922. The van der Waals surface area contributed by atoms with Crippen LogP contribution in [0.1, 0.15) is 50.0 Å². The SMILES string of the molecule is C[C@H](N)c1ccc(F)cc1OCc1nc(C(C)(C)C)cs1. The average molecular weight is 308 g/mol. The summed E-state index contributed by atoms with van der Waals surface area (Å²) in [4.78, 5) is 4.56. The number of nitrogens with zero attached hydrogens (tertiary/aromatic N) is 1. The minimum absolute atomic E-state index is 0.0184. The second-order valence-corrected chi connectivity index (χ2v) is 7.08. The summed E-state index contributed by atoms with van der Waals surface area (Å²) in [5, 5.41) is 2.91. The predicted octanol–water partition coefficient (Wildman–Crippen LogP) is 4.18. The van der Waals surface area contributed by atoms with Crippen molar-refractivity contribution in [2.75, 3.05) is 0 Å². The highest BCUT2D eigenvalue weighted by atomic mass is 32.1. The monoisotopic (exact) mass is 308 g/mol. The molecule has 1 heterocycles. The maximum atomic E-state index is 13.4. The summed E-state index contributed by atoms with van der Waals surface area (Å²) < 4.78 is 19.1. The van der Waals surface area contributed by atoms with E-state index in [0.717, 1.165) is 16.3 Å². The van der Waals surface area contributed by atoms with Crippen LogP contribution < -0.4 is 10.5 Å². The minimum Gasteiger partial charge on any atom is -0.486 e. The van der Waals surface area contributed by atoms with Crippen molar-refractivity contribution < 1.29 is 9.13 Å². The van der Waals surface area contributed by atoms with E-state index in [9.17, 15) is 4.39 Å². The number of hydrogen-bond acceptors (Lipinski definition) is 4. The van der Waals surface area contributed by atoms with E-state index < -0.39 is 0 Å². The number of ether oxygens (including phenoxy) is 1. The van der Waals surface area contributed by atoms with Gasteiger partial charge >= 0.3 is 0 Å². The Labute approximate surface area is 129 Å². The highest BCUT2D eigenvalue weighted by Crippen LogP contribution is 2.27. The number of aromatic nitrogens is 1. The van der Waals surface area contributed by atoms with Crippen LogP contribution in [0.4, 0.5) is 4.39 Å². The van der Waals surface area contributed by atoms with Gasteiger partial charge in [-0.2, -0.15) is 0 Å². The van der Waals surface area contributed by atoms with Gasteiger partial charge in [-0.1, -0.05) is 26.8 Å². The van der Waals surface area contributed by atoms with Crippen LogP contribution in [0.3, 0.4) is 0 Å². The van der Waals surface area contributed by atoms with Crippen molar-refractivity contribution >= 4 is 11.3 Å². The molecule has 0 fully saturated rings. The molecule has 0 aliphatic rings. The molecule has 3 nitrogen and oxygen atoms in total. The van der Waals surface area contributed by atoms with Gasteiger partial charge in [0.15, 0.2) is 0 Å². The van der Waals surface area contributed by atoms with Crippen LogP contribution in [0.5, 0.6) is 5.75 Å². The van der Waals surface area contributed by atoms with Crippen LogP contribution in [-0.4, -0.2) is 4.98 Å². The Bertz CT molecular complexity index is 617. The highest BCUT2D eigenvalue weighted by molar-refractivity contribution is 7.09. The molecular weight excluding hydrogens is 287 g/mol. The molecule has 0 saturated carbocycles. The first-order chi connectivity index (χ1) is 9.77. The normalized spacial score (nSPS) is 13.2. The Kier molecular flexibility index (Phi) is 4.64. The van der Waals surface area contributed by atoms with E-state index in [1.165, 1.54) is 12.1 Å². The maximum absolute atomic E-state index is 13.4. The lowest BCUT2D eigenvalue weighted by atomic mass is 9.93. The molecular formula is C16H21FN2OS. The van der Waals surface area contributed by atoms with Gasteiger partial charge in [0.2, 0.25) is 0 Å². The van der Waals surface area contributed by atoms with E-state index >= 15 is 0 Å². The molecule has 0 spiro atoms. The molecule has 1 aromatic heterocycles. The van der Waals surface area contributed by atoms with Crippen LogP contribution in [0.2, 0.25) is 0 Å². The molecule has 0 aliphatic carbocycles. The molecule has 0 saturated heterocycles. The first kappa shape index (κ1) is 15.9. The van der Waals surface area contributed by atoms with Gasteiger partial charge in [-0.3, -0.25) is 0 Å². The minimum atomic E-state index is -0.330. The number of hydrogen-bond donors (Lipinski definition) is 1. The third kappa shape index (κ3) is 4.02. The first-order valence-electron chi connectivity index (χ1n) is 6.90. The van der Waals surface area contributed by atoms with Gasteiger partial charge < -0.3 is 10.5 Å². The third-order valence-corrected chi connectivity index (χ3v) is 3.96. The summed E-state index contributed by atoms with van der Waals surface area (Å²) >= 11 is 1.55. The average Bonchev–Trinajstić information content (AvgIpc) is 2.84. The van der Waals surface area contributed by atoms with Gasteiger partial charge in [-0.05, 0) is 13.0 Å². The van der Waals surface area contributed by atoms with Gasteiger partial charge in [0, 0.05) is 28.5 Å². The fraction of sp³-hybridized carbons (Fsp3) is 0.438. The first-order valence-corrected chi connectivity index (χ1v) is 7.78. The topological polar surface area (TPSA) is 48.1 Å². The summed E-state index contributed by atoms with van der Waals surface area (Å²) in [7, 11) is 0. The van der Waals surface area contributed by atoms with Crippen molar-refractivity contribution in [2.45, 2.75) is 45.8 Å². The molecule has 1 aromatic carbocycles. The molecule has 2 rings (SSSR count). The van der Waals surface area contributed by atoms with E-state index in [1.807, 2.05) is 12.3 Å².